The number of aromatic nitrogens is 2. The lowest BCUT2D eigenvalue weighted by Gasteiger charge is -2.11. The van der Waals surface area contributed by atoms with Crippen molar-refractivity contribution in [1.82, 2.24) is 9.97 Å². The van der Waals surface area contributed by atoms with E-state index in [0.29, 0.717) is 5.82 Å². The van der Waals surface area contributed by atoms with Crippen LogP contribution in [0.4, 0.5) is 0 Å². The fourth-order valence-electron chi connectivity index (χ4n) is 5.97. The van der Waals surface area contributed by atoms with Crippen LogP contribution in [0, 0.1) is 0 Å². The van der Waals surface area contributed by atoms with Gasteiger partial charge in [0.15, 0.2) is 5.82 Å². The van der Waals surface area contributed by atoms with Crippen molar-refractivity contribution in [3.8, 4) is 11.3 Å². The summed E-state index contributed by atoms with van der Waals surface area (Å²) in [7, 11) is 0. The molecule has 214 valence electrons. The van der Waals surface area contributed by atoms with Gasteiger partial charge in [-0.25, -0.2) is 9.97 Å². The van der Waals surface area contributed by atoms with E-state index in [1.807, 2.05) is 23.5 Å². The molecule has 0 unspecified atom stereocenters. The lowest BCUT2D eigenvalue weighted by atomic mass is 9.99. The minimum atomic E-state index is 0.685. The molecule has 0 atom stereocenters. The van der Waals surface area contributed by atoms with E-state index in [0.717, 1.165) is 54.7 Å². The minimum absolute atomic E-state index is 0.685. The summed E-state index contributed by atoms with van der Waals surface area (Å²) in [6.45, 7) is 6.77. The van der Waals surface area contributed by atoms with E-state index in [-0.39, 0.29) is 0 Å². The Bertz CT molecular complexity index is 2440. The summed E-state index contributed by atoms with van der Waals surface area (Å²) >= 11 is 3.57. The first kappa shape index (κ1) is 27.4. The second-order valence-electron chi connectivity index (χ2n) is 11.1. The number of hydrogen-bond donors (Lipinski definition) is 0. The molecule has 8 aromatic rings. The largest absolute Gasteiger partial charge is 0.226 e. The van der Waals surface area contributed by atoms with Crippen molar-refractivity contribution in [2.24, 2.45) is 0 Å². The van der Waals surface area contributed by atoms with Crippen LogP contribution in [-0.2, 0) is 0 Å². The van der Waals surface area contributed by atoms with Gasteiger partial charge in [-0.15, -0.1) is 22.7 Å². The molecule has 0 radical (unpaired) electrons. The van der Waals surface area contributed by atoms with Gasteiger partial charge >= 0.3 is 0 Å². The maximum atomic E-state index is 5.31. The Morgan fingerprint density at radius 1 is 0.600 bits per heavy atom. The van der Waals surface area contributed by atoms with E-state index in [1.165, 1.54) is 24.9 Å². The second kappa shape index (κ2) is 11.4. The third kappa shape index (κ3) is 4.98. The van der Waals surface area contributed by atoms with Gasteiger partial charge in [0.2, 0.25) is 0 Å². The first-order valence-corrected chi connectivity index (χ1v) is 16.6. The summed E-state index contributed by atoms with van der Waals surface area (Å²) < 4.78 is 4.83. The van der Waals surface area contributed by atoms with Crippen LogP contribution >= 0.6 is 22.7 Å². The standard InChI is InChI=1S/C41H28N2S2/c1-26(28-14-5-3-6-15-28)24-30(25-27(2)31-20-13-21-33-32-18-9-11-22-35(32)44-39(31)33)41-42-37(29-16-7-4-8-17-29)40-38(43-41)34-19-10-12-23-36(34)45-40/h3-25H,2H2,1H3/b26-24+,30-25+. The molecule has 0 aliphatic carbocycles. The number of hydrogen-bond acceptors (Lipinski definition) is 4. The molecule has 0 amide bonds. The van der Waals surface area contributed by atoms with Crippen molar-refractivity contribution in [2.45, 2.75) is 6.92 Å². The highest BCUT2D eigenvalue weighted by atomic mass is 32.1. The maximum Gasteiger partial charge on any atom is 0.160 e. The Kier molecular flexibility index (Phi) is 6.94. The molecular formula is C41H28N2S2. The number of fused-ring (bicyclic) bond motifs is 6. The van der Waals surface area contributed by atoms with Crippen LogP contribution in [0.15, 0.2) is 146 Å². The van der Waals surface area contributed by atoms with Gasteiger partial charge in [-0.3, -0.25) is 0 Å². The molecule has 0 N–H and O–H groups in total. The van der Waals surface area contributed by atoms with Gasteiger partial charge < -0.3 is 0 Å². The summed E-state index contributed by atoms with van der Waals surface area (Å²) in [4.78, 5) is 10.6. The van der Waals surface area contributed by atoms with Crippen molar-refractivity contribution >= 4 is 79.9 Å². The van der Waals surface area contributed by atoms with Crippen molar-refractivity contribution in [2.75, 3.05) is 0 Å². The van der Waals surface area contributed by atoms with E-state index in [1.54, 1.807) is 11.3 Å². The SMILES string of the molecule is C=C(/C=C(\C=C(/C)c1ccccc1)c1nc(-c2ccccc2)c2sc3ccccc3c2n1)c1cccc2c1sc1ccccc12. The van der Waals surface area contributed by atoms with E-state index in [4.69, 9.17) is 9.97 Å². The van der Waals surface area contributed by atoms with Gasteiger partial charge in [0.25, 0.3) is 0 Å². The molecular weight excluding hydrogens is 585 g/mol. The fourth-order valence-corrected chi connectivity index (χ4v) is 8.37. The molecule has 0 saturated heterocycles. The predicted octanol–water partition coefficient (Wildman–Crippen LogP) is 12.1. The number of benzene rings is 5. The molecule has 2 nitrogen and oxygen atoms in total. The molecule has 0 aliphatic heterocycles. The van der Waals surface area contributed by atoms with Gasteiger partial charge in [0, 0.05) is 41.4 Å². The van der Waals surface area contributed by atoms with Crippen molar-refractivity contribution in [1.29, 1.82) is 0 Å². The fraction of sp³-hybridized carbons (Fsp3) is 0.0244. The number of thiophene rings is 2. The van der Waals surface area contributed by atoms with Gasteiger partial charge in [-0.05, 0) is 53.5 Å². The molecule has 0 fully saturated rings. The van der Waals surface area contributed by atoms with Crippen molar-refractivity contribution < 1.29 is 0 Å². The highest BCUT2D eigenvalue weighted by molar-refractivity contribution is 7.26. The average molecular weight is 613 g/mol. The zero-order chi connectivity index (χ0) is 30.3. The lowest BCUT2D eigenvalue weighted by molar-refractivity contribution is 1.18. The van der Waals surface area contributed by atoms with Crippen LogP contribution in [0.3, 0.4) is 0 Å². The first-order valence-electron chi connectivity index (χ1n) is 14.9. The zero-order valence-electron chi connectivity index (χ0n) is 24.7. The van der Waals surface area contributed by atoms with Gasteiger partial charge in [0.05, 0.1) is 15.9 Å². The molecule has 45 heavy (non-hydrogen) atoms. The van der Waals surface area contributed by atoms with Crippen LogP contribution in [0.2, 0.25) is 0 Å². The van der Waals surface area contributed by atoms with Crippen LogP contribution in [0.1, 0.15) is 23.9 Å². The lowest BCUT2D eigenvalue weighted by Crippen LogP contribution is -1.97. The third-order valence-corrected chi connectivity index (χ3v) is 10.6. The Morgan fingerprint density at radius 3 is 2.00 bits per heavy atom. The number of nitrogens with zero attached hydrogens (tertiary/aromatic N) is 2. The molecule has 3 aromatic heterocycles. The summed E-state index contributed by atoms with van der Waals surface area (Å²) in [6.07, 6.45) is 4.37. The monoisotopic (exact) mass is 612 g/mol. The highest BCUT2D eigenvalue weighted by Gasteiger charge is 2.18. The van der Waals surface area contributed by atoms with E-state index >= 15 is 0 Å². The molecule has 3 heterocycles. The van der Waals surface area contributed by atoms with Crippen LogP contribution in [0.5, 0.6) is 0 Å². The molecule has 0 aliphatic rings. The van der Waals surface area contributed by atoms with Crippen LogP contribution in [0.25, 0.3) is 68.5 Å². The van der Waals surface area contributed by atoms with Crippen LogP contribution < -0.4 is 0 Å². The average Bonchev–Trinajstić information content (AvgIpc) is 3.67. The summed E-state index contributed by atoms with van der Waals surface area (Å²) in [5.74, 6) is 0.685. The minimum Gasteiger partial charge on any atom is -0.226 e. The molecule has 0 saturated carbocycles. The summed E-state index contributed by atoms with van der Waals surface area (Å²) in [5, 5.41) is 3.69. The molecule has 5 aromatic carbocycles. The normalized spacial score (nSPS) is 12.5. The quantitative estimate of drug-likeness (QED) is 0.175. The predicted molar refractivity (Wildman–Crippen MR) is 197 cm³/mol. The Hall–Kier alpha value is -5.16. The highest BCUT2D eigenvalue weighted by Crippen LogP contribution is 2.41. The molecule has 0 bridgehead atoms. The van der Waals surface area contributed by atoms with E-state index in [9.17, 15) is 0 Å². The van der Waals surface area contributed by atoms with Crippen molar-refractivity contribution in [3.05, 3.63) is 163 Å². The van der Waals surface area contributed by atoms with E-state index in [2.05, 4.69) is 141 Å². The topological polar surface area (TPSA) is 25.8 Å². The number of rotatable bonds is 6. The Labute approximate surface area is 270 Å². The van der Waals surface area contributed by atoms with E-state index < -0.39 is 0 Å². The zero-order valence-corrected chi connectivity index (χ0v) is 26.3. The molecule has 8 rings (SSSR count). The Morgan fingerprint density at radius 2 is 1.22 bits per heavy atom. The smallest absolute Gasteiger partial charge is 0.160 e. The van der Waals surface area contributed by atoms with Gasteiger partial charge in [-0.2, -0.15) is 0 Å². The molecule has 0 spiro atoms. The van der Waals surface area contributed by atoms with Gasteiger partial charge in [0.1, 0.15) is 0 Å². The number of allylic oxidation sites excluding steroid dienone is 5. The molecule has 4 heteroatoms. The second-order valence-corrected chi connectivity index (χ2v) is 13.2. The summed E-state index contributed by atoms with van der Waals surface area (Å²) in [5.41, 5.74) is 8.28. The van der Waals surface area contributed by atoms with Crippen molar-refractivity contribution in [3.63, 3.8) is 0 Å². The van der Waals surface area contributed by atoms with Crippen LogP contribution in [-0.4, -0.2) is 9.97 Å². The first-order chi connectivity index (χ1) is 22.1. The van der Waals surface area contributed by atoms with Gasteiger partial charge in [-0.1, -0.05) is 122 Å². The maximum absolute atomic E-state index is 5.31. The third-order valence-electron chi connectivity index (χ3n) is 8.21. The summed E-state index contributed by atoms with van der Waals surface area (Å²) in [6, 6.07) is 44.5. The Balaban J connectivity index is 1.37.